The standard InChI is InChI=1S/C12H25ClO3S.Na.H/c1-2-3-4-5-6-7-8-9-10-11-12(13)17(14,15)16;;/h12H,2-11H2,1H3,(H,14,15,16);;. The van der Waals surface area contributed by atoms with Crippen molar-refractivity contribution in [2.45, 2.75) is 75.8 Å². The van der Waals surface area contributed by atoms with Crippen molar-refractivity contribution in [3.63, 3.8) is 0 Å². The molecule has 0 saturated heterocycles. The fourth-order valence-electron chi connectivity index (χ4n) is 1.76. The molecule has 0 aliphatic carbocycles. The van der Waals surface area contributed by atoms with Crippen molar-refractivity contribution in [2.75, 3.05) is 0 Å². The average molecular weight is 309 g/mol. The van der Waals surface area contributed by atoms with Crippen molar-refractivity contribution in [2.24, 2.45) is 0 Å². The summed E-state index contributed by atoms with van der Waals surface area (Å²) in [6.07, 6.45) is 10.9. The Morgan fingerprint density at radius 3 is 1.72 bits per heavy atom. The van der Waals surface area contributed by atoms with Crippen LogP contribution in [0, 0.1) is 0 Å². The van der Waals surface area contributed by atoms with Gasteiger partial charge in [0, 0.05) is 0 Å². The molecule has 0 bridgehead atoms. The van der Waals surface area contributed by atoms with Crippen LogP contribution in [0.1, 0.15) is 71.1 Å². The topological polar surface area (TPSA) is 54.4 Å². The fraction of sp³-hybridized carbons (Fsp3) is 1.00. The third-order valence-electron chi connectivity index (χ3n) is 2.86. The van der Waals surface area contributed by atoms with E-state index in [4.69, 9.17) is 16.2 Å². The van der Waals surface area contributed by atoms with E-state index in [0.717, 1.165) is 19.3 Å². The molecule has 0 rings (SSSR count). The van der Waals surface area contributed by atoms with E-state index in [9.17, 15) is 8.42 Å². The van der Waals surface area contributed by atoms with Crippen LogP contribution >= 0.6 is 11.6 Å². The maximum absolute atomic E-state index is 10.6. The van der Waals surface area contributed by atoms with Gasteiger partial charge in [-0.2, -0.15) is 8.42 Å². The molecule has 0 aromatic heterocycles. The molecular weight excluding hydrogens is 283 g/mol. The SMILES string of the molecule is CCCCCCCCCCCC(Cl)S(=O)(=O)O.[NaH]. The van der Waals surface area contributed by atoms with Crippen molar-refractivity contribution in [1.82, 2.24) is 0 Å². The van der Waals surface area contributed by atoms with Gasteiger partial charge in [0.25, 0.3) is 10.1 Å². The molecule has 0 heterocycles. The Labute approximate surface area is 139 Å². The number of halogens is 1. The van der Waals surface area contributed by atoms with Crippen molar-refractivity contribution in [3.05, 3.63) is 0 Å². The summed E-state index contributed by atoms with van der Waals surface area (Å²) in [5.74, 6) is 0. The van der Waals surface area contributed by atoms with Crippen LogP contribution in [0.3, 0.4) is 0 Å². The molecule has 3 nitrogen and oxygen atoms in total. The Hall–Kier alpha value is 1.20. The molecular formula is C12H26ClNaO3S. The molecule has 0 amide bonds. The van der Waals surface area contributed by atoms with Gasteiger partial charge in [-0.3, -0.25) is 4.55 Å². The van der Waals surface area contributed by atoms with E-state index in [-0.39, 0.29) is 29.6 Å². The number of hydrogen-bond donors (Lipinski definition) is 1. The van der Waals surface area contributed by atoms with Gasteiger partial charge in [-0.1, -0.05) is 64.7 Å². The summed E-state index contributed by atoms with van der Waals surface area (Å²) in [5.41, 5.74) is 0. The average Bonchev–Trinajstić information content (AvgIpc) is 2.25. The van der Waals surface area contributed by atoms with Gasteiger partial charge in [0.05, 0.1) is 0 Å². The second-order valence-corrected chi connectivity index (χ2v) is 6.93. The summed E-state index contributed by atoms with van der Waals surface area (Å²) in [6.45, 7) is 2.21. The van der Waals surface area contributed by atoms with Gasteiger partial charge in [-0.15, -0.1) is 11.6 Å². The van der Waals surface area contributed by atoms with E-state index in [1.165, 1.54) is 38.5 Å². The van der Waals surface area contributed by atoms with Crippen LogP contribution < -0.4 is 0 Å². The maximum atomic E-state index is 10.6. The van der Waals surface area contributed by atoms with Crippen LogP contribution in [0.15, 0.2) is 0 Å². The van der Waals surface area contributed by atoms with Crippen LogP contribution in [-0.4, -0.2) is 47.2 Å². The minimum absolute atomic E-state index is 0. The van der Waals surface area contributed by atoms with Gasteiger partial charge in [-0.25, -0.2) is 0 Å². The van der Waals surface area contributed by atoms with Crippen LogP contribution in [-0.2, 0) is 10.1 Å². The van der Waals surface area contributed by atoms with Crippen LogP contribution in [0.25, 0.3) is 0 Å². The molecule has 0 aromatic carbocycles. The van der Waals surface area contributed by atoms with Crippen molar-refractivity contribution < 1.29 is 13.0 Å². The second-order valence-electron chi connectivity index (χ2n) is 4.54. The Balaban J connectivity index is 0. The van der Waals surface area contributed by atoms with E-state index >= 15 is 0 Å². The Kier molecular flexibility index (Phi) is 15.8. The summed E-state index contributed by atoms with van der Waals surface area (Å²) >= 11 is 5.52. The molecule has 1 atom stereocenters. The van der Waals surface area contributed by atoms with Crippen molar-refractivity contribution in [1.29, 1.82) is 0 Å². The van der Waals surface area contributed by atoms with Crippen LogP contribution in [0.4, 0.5) is 0 Å². The van der Waals surface area contributed by atoms with E-state index in [2.05, 4.69) is 6.92 Å². The van der Waals surface area contributed by atoms with Gasteiger partial charge in [-0.05, 0) is 6.42 Å². The molecule has 1 N–H and O–H groups in total. The summed E-state index contributed by atoms with van der Waals surface area (Å²) < 4.78 is 28.8. The molecule has 0 aliphatic heterocycles. The zero-order chi connectivity index (χ0) is 13.1. The zero-order valence-corrected chi connectivity index (χ0v) is 12.3. The third kappa shape index (κ3) is 13.6. The monoisotopic (exact) mass is 308 g/mol. The van der Waals surface area contributed by atoms with Gasteiger partial charge in [0.1, 0.15) is 0 Å². The zero-order valence-electron chi connectivity index (χ0n) is 10.7. The van der Waals surface area contributed by atoms with Gasteiger partial charge in [0.2, 0.25) is 0 Å². The van der Waals surface area contributed by atoms with E-state index in [1.807, 2.05) is 0 Å². The summed E-state index contributed by atoms with van der Waals surface area (Å²) in [4.78, 5) is 0. The number of unbranched alkanes of at least 4 members (excludes halogenated alkanes) is 8. The van der Waals surface area contributed by atoms with Gasteiger partial charge < -0.3 is 0 Å². The fourth-order valence-corrected chi connectivity index (χ4v) is 2.38. The van der Waals surface area contributed by atoms with Crippen LogP contribution in [0.2, 0.25) is 0 Å². The first-order valence-corrected chi connectivity index (χ1v) is 8.52. The molecule has 0 aliphatic rings. The first kappa shape index (κ1) is 21.5. The normalized spacial score (nSPS) is 13.1. The first-order chi connectivity index (χ1) is 7.98. The van der Waals surface area contributed by atoms with Crippen molar-refractivity contribution in [3.8, 4) is 0 Å². The number of hydrogen-bond acceptors (Lipinski definition) is 2. The molecule has 0 aromatic rings. The third-order valence-corrected chi connectivity index (χ3v) is 4.63. The summed E-state index contributed by atoms with van der Waals surface area (Å²) in [7, 11) is -4.05. The first-order valence-electron chi connectivity index (χ1n) is 6.59. The number of rotatable bonds is 11. The molecule has 1 unspecified atom stereocenters. The summed E-state index contributed by atoms with van der Waals surface area (Å²) in [5, 5.41) is 0. The predicted octanol–water partition coefficient (Wildman–Crippen LogP) is 3.71. The Bertz CT molecular complexity index is 270. The molecule has 0 spiro atoms. The van der Waals surface area contributed by atoms with E-state index in [1.54, 1.807) is 0 Å². The van der Waals surface area contributed by atoms with Crippen molar-refractivity contribution >= 4 is 51.3 Å². The molecule has 6 heteroatoms. The molecule has 0 saturated carbocycles. The molecule has 0 fully saturated rings. The molecule has 106 valence electrons. The Morgan fingerprint density at radius 2 is 1.33 bits per heavy atom. The predicted molar refractivity (Wildman–Crippen MR) is 80.2 cm³/mol. The summed E-state index contributed by atoms with van der Waals surface area (Å²) in [6, 6.07) is 0. The minimum atomic E-state index is -4.05. The molecule has 0 radical (unpaired) electrons. The van der Waals surface area contributed by atoms with E-state index < -0.39 is 14.8 Å². The molecule has 18 heavy (non-hydrogen) atoms. The number of alkyl halides is 1. The Morgan fingerprint density at radius 1 is 0.944 bits per heavy atom. The van der Waals surface area contributed by atoms with Gasteiger partial charge >= 0.3 is 29.6 Å². The quantitative estimate of drug-likeness (QED) is 0.274. The van der Waals surface area contributed by atoms with Gasteiger partial charge in [0.15, 0.2) is 4.71 Å². The van der Waals surface area contributed by atoms with Crippen LogP contribution in [0.5, 0.6) is 0 Å². The second kappa shape index (κ2) is 13.2. The van der Waals surface area contributed by atoms with E-state index in [0.29, 0.717) is 6.42 Å².